The Labute approximate surface area is 205 Å². The van der Waals surface area contributed by atoms with E-state index in [9.17, 15) is 40.2 Å². The van der Waals surface area contributed by atoms with Crippen molar-refractivity contribution in [2.75, 3.05) is 6.79 Å². The SMILES string of the molecule is CC(=O)[C@H]1O[C@@H](Oc2ccc(/C=C(\C)C(=O)N[C@@H]3[C@H](O)[C@@H](O)[C@H]4OCO[C@H]4[C@@H]3O)cc2O)[C@@H](O)[C@@H]1O. The molecule has 1 saturated carbocycles. The third kappa shape index (κ3) is 4.96. The highest BCUT2D eigenvalue weighted by atomic mass is 16.7. The molecule has 7 N–H and O–H groups in total. The van der Waals surface area contributed by atoms with Gasteiger partial charge in [0.2, 0.25) is 12.2 Å². The molecule has 2 aliphatic heterocycles. The van der Waals surface area contributed by atoms with E-state index in [0.29, 0.717) is 5.56 Å². The van der Waals surface area contributed by atoms with Crippen LogP contribution in [0.2, 0.25) is 0 Å². The van der Waals surface area contributed by atoms with Gasteiger partial charge in [-0.1, -0.05) is 6.07 Å². The fourth-order valence-corrected chi connectivity index (χ4v) is 4.46. The molecule has 198 valence electrons. The number of carbonyl (C=O) groups is 2. The lowest BCUT2D eigenvalue weighted by atomic mass is 9.83. The number of fused-ring (bicyclic) bond motifs is 1. The summed E-state index contributed by atoms with van der Waals surface area (Å²) in [5.41, 5.74) is 0.545. The molecule has 3 aliphatic rings. The Morgan fingerprint density at radius 1 is 0.972 bits per heavy atom. The fraction of sp³-hybridized carbons (Fsp3) is 0.565. The van der Waals surface area contributed by atoms with E-state index < -0.39 is 72.9 Å². The first-order valence-corrected chi connectivity index (χ1v) is 11.3. The van der Waals surface area contributed by atoms with Gasteiger partial charge < -0.3 is 54.9 Å². The monoisotopic (exact) mass is 511 g/mol. The number of nitrogens with one attached hydrogen (secondary N) is 1. The quantitative estimate of drug-likeness (QED) is 0.199. The summed E-state index contributed by atoms with van der Waals surface area (Å²) in [5, 5.41) is 63.9. The Hall–Kier alpha value is -2.62. The number of phenols is 1. The Bertz CT molecular complexity index is 1030. The van der Waals surface area contributed by atoms with Gasteiger partial charge in [0.05, 0.1) is 6.04 Å². The van der Waals surface area contributed by atoms with Crippen LogP contribution in [-0.2, 0) is 23.8 Å². The zero-order valence-corrected chi connectivity index (χ0v) is 19.4. The average molecular weight is 511 g/mol. The number of aliphatic hydroxyl groups is 5. The van der Waals surface area contributed by atoms with Crippen LogP contribution in [0.1, 0.15) is 19.4 Å². The number of Topliss-reactive ketones (excluding diaryl/α,β-unsaturated/α-hetero) is 1. The molecule has 0 spiro atoms. The van der Waals surface area contributed by atoms with E-state index in [-0.39, 0.29) is 23.9 Å². The number of rotatable bonds is 6. The highest BCUT2D eigenvalue weighted by Gasteiger charge is 2.53. The van der Waals surface area contributed by atoms with E-state index in [0.717, 1.165) is 0 Å². The third-order valence-electron chi connectivity index (χ3n) is 6.49. The first kappa shape index (κ1) is 26.4. The van der Waals surface area contributed by atoms with Gasteiger partial charge in [-0.3, -0.25) is 9.59 Å². The molecular weight excluding hydrogens is 482 g/mol. The number of benzene rings is 1. The summed E-state index contributed by atoms with van der Waals surface area (Å²) in [6, 6.07) is 2.90. The molecule has 2 heterocycles. The smallest absolute Gasteiger partial charge is 0.247 e. The van der Waals surface area contributed by atoms with E-state index in [2.05, 4.69) is 5.32 Å². The highest BCUT2D eigenvalue weighted by molar-refractivity contribution is 5.97. The minimum absolute atomic E-state index is 0.0921. The van der Waals surface area contributed by atoms with Gasteiger partial charge in [-0.15, -0.1) is 0 Å². The number of hydrogen-bond donors (Lipinski definition) is 7. The van der Waals surface area contributed by atoms with E-state index in [1.54, 1.807) is 0 Å². The molecule has 2 saturated heterocycles. The molecule has 1 aliphatic carbocycles. The molecule has 0 aromatic heterocycles. The summed E-state index contributed by atoms with van der Waals surface area (Å²) in [5.74, 6) is -1.59. The van der Waals surface area contributed by atoms with Crippen LogP contribution in [0.4, 0.5) is 0 Å². The Balaban J connectivity index is 1.41. The van der Waals surface area contributed by atoms with Gasteiger partial charge in [-0.2, -0.15) is 0 Å². The Morgan fingerprint density at radius 3 is 2.25 bits per heavy atom. The highest BCUT2D eigenvalue weighted by Crippen LogP contribution is 2.33. The third-order valence-corrected chi connectivity index (χ3v) is 6.49. The lowest BCUT2D eigenvalue weighted by molar-refractivity contribution is -0.155. The van der Waals surface area contributed by atoms with Crippen LogP contribution in [0.25, 0.3) is 6.08 Å². The van der Waals surface area contributed by atoms with Crippen molar-refractivity contribution in [3.05, 3.63) is 29.3 Å². The number of aliphatic hydroxyl groups excluding tert-OH is 5. The van der Waals surface area contributed by atoms with E-state index >= 15 is 0 Å². The van der Waals surface area contributed by atoms with Crippen molar-refractivity contribution < 1.29 is 59.2 Å². The van der Waals surface area contributed by atoms with Crippen LogP contribution >= 0.6 is 0 Å². The first-order valence-electron chi connectivity index (χ1n) is 11.3. The molecule has 4 rings (SSSR count). The summed E-state index contributed by atoms with van der Waals surface area (Å²) < 4.78 is 21.1. The van der Waals surface area contributed by atoms with Crippen LogP contribution in [0.15, 0.2) is 23.8 Å². The van der Waals surface area contributed by atoms with E-state index in [1.165, 1.54) is 38.1 Å². The molecule has 0 bridgehead atoms. The van der Waals surface area contributed by atoms with Crippen molar-refractivity contribution in [2.45, 2.75) is 75.0 Å². The van der Waals surface area contributed by atoms with Crippen molar-refractivity contribution in [3.63, 3.8) is 0 Å². The van der Waals surface area contributed by atoms with Crippen LogP contribution in [-0.4, -0.2) is 110 Å². The number of aromatic hydroxyl groups is 1. The molecule has 13 heteroatoms. The van der Waals surface area contributed by atoms with Crippen molar-refractivity contribution in [2.24, 2.45) is 0 Å². The van der Waals surface area contributed by atoms with Crippen LogP contribution < -0.4 is 10.1 Å². The van der Waals surface area contributed by atoms with Gasteiger partial charge in [-0.25, -0.2) is 0 Å². The maximum absolute atomic E-state index is 12.7. The standard InChI is InChI=1S/C23H29NO12/c1-8(22(32)24-13-14(27)16(29)21-20(15(13)28)33-7-34-21)5-10-3-4-12(11(26)6-10)35-23-18(31)17(30)19(36-23)9(2)25/h3-6,13-21,23,26-31H,7H2,1-2H3,(H,24,32)/b8-5+/t13-,14+,15-,16-,17+,18+,19-,20+,21-,23-/m1/s1. The molecular formula is C23H29NO12. The van der Waals surface area contributed by atoms with Crippen molar-refractivity contribution in [1.29, 1.82) is 0 Å². The topological polar surface area (TPSA) is 204 Å². The number of ketones is 1. The van der Waals surface area contributed by atoms with E-state index in [1.807, 2.05) is 0 Å². The van der Waals surface area contributed by atoms with Gasteiger partial charge in [0, 0.05) is 5.57 Å². The molecule has 1 aromatic carbocycles. The second kappa shape index (κ2) is 10.4. The van der Waals surface area contributed by atoms with Gasteiger partial charge in [0.1, 0.15) is 55.6 Å². The number of carbonyl (C=O) groups excluding carboxylic acids is 2. The van der Waals surface area contributed by atoms with Crippen LogP contribution in [0, 0.1) is 0 Å². The lowest BCUT2D eigenvalue weighted by Crippen LogP contribution is -2.67. The summed E-state index contributed by atoms with van der Waals surface area (Å²) in [4.78, 5) is 24.2. The number of hydrogen-bond acceptors (Lipinski definition) is 12. The predicted octanol–water partition coefficient (Wildman–Crippen LogP) is -2.47. The van der Waals surface area contributed by atoms with Crippen LogP contribution in [0.5, 0.6) is 11.5 Å². The molecule has 13 nitrogen and oxygen atoms in total. The van der Waals surface area contributed by atoms with Gasteiger partial charge in [-0.05, 0) is 37.6 Å². The normalized spacial score (nSPS) is 38.5. The molecule has 0 radical (unpaired) electrons. The second-order valence-corrected chi connectivity index (χ2v) is 9.04. The first-order chi connectivity index (χ1) is 17.0. The molecule has 1 aromatic rings. The fourth-order valence-electron chi connectivity index (χ4n) is 4.46. The minimum Gasteiger partial charge on any atom is -0.504 e. The predicted molar refractivity (Wildman–Crippen MR) is 118 cm³/mol. The van der Waals surface area contributed by atoms with Crippen molar-refractivity contribution >= 4 is 17.8 Å². The van der Waals surface area contributed by atoms with Crippen molar-refractivity contribution in [3.8, 4) is 11.5 Å². The summed E-state index contributed by atoms with van der Waals surface area (Å²) in [6.07, 6.45) is -10.2. The summed E-state index contributed by atoms with van der Waals surface area (Å²) in [6.45, 7) is 2.52. The van der Waals surface area contributed by atoms with Gasteiger partial charge in [0.15, 0.2) is 17.3 Å². The zero-order chi connectivity index (χ0) is 26.3. The summed E-state index contributed by atoms with van der Waals surface area (Å²) in [7, 11) is 0. The van der Waals surface area contributed by atoms with Crippen LogP contribution in [0.3, 0.4) is 0 Å². The molecule has 36 heavy (non-hydrogen) atoms. The summed E-state index contributed by atoms with van der Waals surface area (Å²) >= 11 is 0. The Kier molecular flexibility index (Phi) is 7.64. The lowest BCUT2D eigenvalue weighted by Gasteiger charge is -2.41. The molecule has 0 unspecified atom stereocenters. The minimum atomic E-state index is -1.51. The number of ether oxygens (including phenoxy) is 4. The molecule has 3 fully saturated rings. The van der Waals surface area contributed by atoms with Gasteiger partial charge >= 0.3 is 0 Å². The number of amides is 1. The maximum Gasteiger partial charge on any atom is 0.247 e. The second-order valence-electron chi connectivity index (χ2n) is 9.04. The molecule has 1 amide bonds. The van der Waals surface area contributed by atoms with Gasteiger partial charge in [0.25, 0.3) is 0 Å². The van der Waals surface area contributed by atoms with E-state index in [4.69, 9.17) is 18.9 Å². The van der Waals surface area contributed by atoms with Crippen molar-refractivity contribution in [1.82, 2.24) is 5.32 Å². The maximum atomic E-state index is 12.7. The largest absolute Gasteiger partial charge is 0.504 e. The molecule has 10 atom stereocenters. The zero-order valence-electron chi connectivity index (χ0n) is 19.4. The Morgan fingerprint density at radius 2 is 1.64 bits per heavy atom. The number of phenolic OH excluding ortho intramolecular Hbond substituents is 1. The average Bonchev–Trinajstić information content (AvgIpc) is 3.43.